The molecule has 84 valence electrons. The first-order valence-electron chi connectivity index (χ1n) is 5.06. The first-order chi connectivity index (χ1) is 7.65. The molecular weight excluding hydrogens is 240 g/mol. The molecule has 0 aliphatic rings. The van der Waals surface area contributed by atoms with E-state index < -0.39 is 0 Å². The molecule has 0 atom stereocenters. The Morgan fingerprint density at radius 1 is 1.38 bits per heavy atom. The van der Waals surface area contributed by atoms with Gasteiger partial charge in [-0.3, -0.25) is 0 Å². The van der Waals surface area contributed by atoms with Crippen LogP contribution in [0.1, 0.15) is 16.3 Å². The topological polar surface area (TPSA) is 24.9 Å². The molecular formula is C12H13ClN2S. The molecule has 2 nitrogen and oxygen atoms in total. The van der Waals surface area contributed by atoms with E-state index >= 15 is 0 Å². The molecule has 0 radical (unpaired) electrons. The number of thiazole rings is 1. The Labute approximate surface area is 104 Å². The van der Waals surface area contributed by atoms with Gasteiger partial charge in [0.15, 0.2) is 0 Å². The van der Waals surface area contributed by atoms with Crippen molar-refractivity contribution in [1.29, 1.82) is 0 Å². The lowest BCUT2D eigenvalue weighted by molar-refractivity contribution is 1.05. The molecule has 4 heteroatoms. The van der Waals surface area contributed by atoms with Crippen LogP contribution in [0.25, 0.3) is 0 Å². The number of aromatic nitrogens is 1. The Bertz CT molecular complexity index is 494. The molecule has 0 saturated carbocycles. The van der Waals surface area contributed by atoms with Gasteiger partial charge in [0.2, 0.25) is 0 Å². The zero-order chi connectivity index (χ0) is 11.5. The minimum Gasteiger partial charge on any atom is -0.379 e. The summed E-state index contributed by atoms with van der Waals surface area (Å²) in [6.07, 6.45) is 0. The molecule has 1 N–H and O–H groups in total. The number of halogens is 1. The summed E-state index contributed by atoms with van der Waals surface area (Å²) in [4.78, 5) is 4.39. The maximum Gasteiger partial charge on any atom is 0.0898 e. The van der Waals surface area contributed by atoms with Crippen molar-refractivity contribution >= 4 is 28.6 Å². The van der Waals surface area contributed by atoms with Crippen molar-refractivity contribution in [3.05, 3.63) is 44.9 Å². The molecule has 0 aliphatic heterocycles. The maximum atomic E-state index is 6.05. The van der Waals surface area contributed by atoms with E-state index in [4.69, 9.17) is 11.6 Å². The van der Waals surface area contributed by atoms with Crippen molar-refractivity contribution in [3.8, 4) is 0 Å². The zero-order valence-corrected chi connectivity index (χ0v) is 10.8. The summed E-state index contributed by atoms with van der Waals surface area (Å²) in [6, 6.07) is 5.98. The number of benzene rings is 1. The minimum atomic E-state index is 0.740. The maximum absolute atomic E-state index is 6.05. The lowest BCUT2D eigenvalue weighted by Gasteiger charge is -2.06. The molecule has 16 heavy (non-hydrogen) atoms. The lowest BCUT2D eigenvalue weighted by atomic mass is 10.2. The van der Waals surface area contributed by atoms with Gasteiger partial charge in [0, 0.05) is 16.1 Å². The lowest BCUT2D eigenvalue weighted by Crippen LogP contribution is -1.99. The number of hydrogen-bond donors (Lipinski definition) is 1. The van der Waals surface area contributed by atoms with E-state index in [1.54, 1.807) is 11.3 Å². The van der Waals surface area contributed by atoms with Crippen LogP contribution in [0, 0.1) is 13.8 Å². The number of rotatable bonds is 3. The predicted molar refractivity (Wildman–Crippen MR) is 70.4 cm³/mol. The van der Waals surface area contributed by atoms with Gasteiger partial charge >= 0.3 is 0 Å². The second kappa shape index (κ2) is 4.85. The molecule has 0 spiro atoms. The van der Waals surface area contributed by atoms with Crippen molar-refractivity contribution < 1.29 is 0 Å². The number of hydrogen-bond acceptors (Lipinski definition) is 3. The average molecular weight is 253 g/mol. The molecule has 0 saturated heterocycles. The van der Waals surface area contributed by atoms with Gasteiger partial charge in [-0.1, -0.05) is 17.7 Å². The molecule has 0 fully saturated rings. The highest BCUT2D eigenvalue weighted by Crippen LogP contribution is 2.20. The first kappa shape index (κ1) is 11.4. The van der Waals surface area contributed by atoms with Crippen molar-refractivity contribution in [2.45, 2.75) is 20.4 Å². The Hall–Kier alpha value is -1.06. The van der Waals surface area contributed by atoms with E-state index in [9.17, 15) is 0 Å². The summed E-state index contributed by atoms with van der Waals surface area (Å²) >= 11 is 7.71. The van der Waals surface area contributed by atoms with Crippen LogP contribution in [0.3, 0.4) is 0 Å². The molecule has 2 aromatic rings. The minimum absolute atomic E-state index is 0.740. The Morgan fingerprint density at radius 3 is 2.81 bits per heavy atom. The van der Waals surface area contributed by atoms with Gasteiger partial charge in [0.1, 0.15) is 0 Å². The number of nitrogens with zero attached hydrogens (tertiary/aromatic N) is 1. The highest BCUT2D eigenvalue weighted by atomic mass is 35.5. The van der Waals surface area contributed by atoms with Gasteiger partial charge in [-0.05, 0) is 31.5 Å². The van der Waals surface area contributed by atoms with Crippen molar-refractivity contribution in [2.24, 2.45) is 0 Å². The SMILES string of the molecule is Cc1nc(CNc2ccc(C)c(Cl)c2)cs1. The van der Waals surface area contributed by atoms with E-state index in [2.05, 4.69) is 15.7 Å². The fourth-order valence-electron chi connectivity index (χ4n) is 1.38. The van der Waals surface area contributed by atoms with E-state index in [1.165, 1.54) is 0 Å². The van der Waals surface area contributed by atoms with Crippen LogP contribution in [0.2, 0.25) is 5.02 Å². The summed E-state index contributed by atoms with van der Waals surface area (Å²) < 4.78 is 0. The summed E-state index contributed by atoms with van der Waals surface area (Å²) in [5, 5.41) is 7.26. The third kappa shape index (κ3) is 2.74. The smallest absolute Gasteiger partial charge is 0.0898 e. The molecule has 1 heterocycles. The van der Waals surface area contributed by atoms with Gasteiger partial charge in [-0.2, -0.15) is 0 Å². The molecule has 1 aromatic heterocycles. The van der Waals surface area contributed by atoms with Crippen molar-refractivity contribution in [3.63, 3.8) is 0 Å². The van der Waals surface area contributed by atoms with E-state index in [0.717, 1.165) is 33.5 Å². The fourth-order valence-corrected chi connectivity index (χ4v) is 2.18. The summed E-state index contributed by atoms with van der Waals surface area (Å²) in [7, 11) is 0. The van der Waals surface area contributed by atoms with Crippen LogP contribution in [-0.4, -0.2) is 4.98 Å². The number of aryl methyl sites for hydroxylation is 2. The quantitative estimate of drug-likeness (QED) is 0.892. The Kier molecular flexibility index (Phi) is 3.46. The standard InChI is InChI=1S/C12H13ClN2S/c1-8-3-4-10(5-12(8)13)14-6-11-7-16-9(2)15-11/h3-5,7,14H,6H2,1-2H3. The average Bonchev–Trinajstić information content (AvgIpc) is 2.66. The Balaban J connectivity index is 2.02. The van der Waals surface area contributed by atoms with Crippen LogP contribution < -0.4 is 5.32 Å². The number of anilines is 1. The third-order valence-corrected chi connectivity index (χ3v) is 3.54. The van der Waals surface area contributed by atoms with Crippen LogP contribution in [0.4, 0.5) is 5.69 Å². The molecule has 0 aliphatic carbocycles. The molecule has 0 bridgehead atoms. The fraction of sp³-hybridized carbons (Fsp3) is 0.250. The van der Waals surface area contributed by atoms with Crippen LogP contribution in [-0.2, 0) is 6.54 Å². The van der Waals surface area contributed by atoms with Crippen LogP contribution in [0.5, 0.6) is 0 Å². The largest absolute Gasteiger partial charge is 0.379 e. The van der Waals surface area contributed by atoms with Crippen molar-refractivity contribution in [2.75, 3.05) is 5.32 Å². The summed E-state index contributed by atoms with van der Waals surface area (Å²) in [6.45, 7) is 4.75. The van der Waals surface area contributed by atoms with Crippen molar-refractivity contribution in [1.82, 2.24) is 4.98 Å². The van der Waals surface area contributed by atoms with Gasteiger partial charge in [0.05, 0.1) is 17.2 Å². The van der Waals surface area contributed by atoms with Gasteiger partial charge in [-0.25, -0.2) is 4.98 Å². The van der Waals surface area contributed by atoms with Crippen LogP contribution >= 0.6 is 22.9 Å². The van der Waals surface area contributed by atoms with Gasteiger partial charge in [-0.15, -0.1) is 11.3 Å². The second-order valence-corrected chi connectivity index (χ2v) is 5.14. The van der Waals surface area contributed by atoms with Crippen LogP contribution in [0.15, 0.2) is 23.6 Å². The molecule has 0 unspecified atom stereocenters. The molecule has 0 amide bonds. The highest BCUT2D eigenvalue weighted by molar-refractivity contribution is 7.09. The first-order valence-corrected chi connectivity index (χ1v) is 6.32. The second-order valence-electron chi connectivity index (χ2n) is 3.68. The summed E-state index contributed by atoms with van der Waals surface area (Å²) in [5.74, 6) is 0. The highest BCUT2D eigenvalue weighted by Gasteiger charge is 2.00. The van der Waals surface area contributed by atoms with Gasteiger partial charge < -0.3 is 5.32 Å². The third-order valence-electron chi connectivity index (χ3n) is 2.31. The van der Waals surface area contributed by atoms with E-state index in [1.807, 2.05) is 32.0 Å². The van der Waals surface area contributed by atoms with E-state index in [0.29, 0.717) is 0 Å². The molecule has 1 aromatic carbocycles. The van der Waals surface area contributed by atoms with E-state index in [-0.39, 0.29) is 0 Å². The Morgan fingerprint density at radius 2 is 2.19 bits per heavy atom. The monoisotopic (exact) mass is 252 g/mol. The normalized spacial score (nSPS) is 10.4. The zero-order valence-electron chi connectivity index (χ0n) is 9.25. The molecule has 2 rings (SSSR count). The van der Waals surface area contributed by atoms with Gasteiger partial charge in [0.25, 0.3) is 0 Å². The summed E-state index contributed by atoms with van der Waals surface area (Å²) in [5.41, 5.74) is 3.19. The predicted octanol–water partition coefficient (Wildman–Crippen LogP) is 4.03. The number of nitrogens with one attached hydrogen (secondary N) is 1.